The van der Waals surface area contributed by atoms with Crippen molar-refractivity contribution in [1.82, 2.24) is 0 Å². The zero-order chi connectivity index (χ0) is 12.5. The van der Waals surface area contributed by atoms with Crippen molar-refractivity contribution in [3.63, 3.8) is 0 Å². The van der Waals surface area contributed by atoms with Crippen molar-refractivity contribution >= 4 is 0 Å². The summed E-state index contributed by atoms with van der Waals surface area (Å²) in [6.45, 7) is 2.34. The van der Waals surface area contributed by atoms with Gasteiger partial charge in [-0.1, -0.05) is 43.3 Å². The zero-order valence-electron chi connectivity index (χ0n) is 10.9. The van der Waals surface area contributed by atoms with Crippen LogP contribution < -0.4 is 4.74 Å². The third-order valence-electron chi connectivity index (χ3n) is 3.98. The third kappa shape index (κ3) is 1.80. The molecule has 18 heavy (non-hydrogen) atoms. The molecule has 0 saturated heterocycles. The molecule has 0 saturated carbocycles. The van der Waals surface area contributed by atoms with Gasteiger partial charge in [-0.25, -0.2) is 0 Å². The van der Waals surface area contributed by atoms with Crippen LogP contribution >= 0.6 is 0 Å². The molecule has 1 heteroatoms. The molecule has 0 unspecified atom stereocenters. The average molecular weight is 238 g/mol. The smallest absolute Gasteiger partial charge is 0.118 e. The quantitative estimate of drug-likeness (QED) is 0.768. The lowest BCUT2D eigenvalue weighted by molar-refractivity contribution is 0.414. The molecule has 1 aliphatic rings. The van der Waals surface area contributed by atoms with Gasteiger partial charge in [0.05, 0.1) is 7.11 Å². The fourth-order valence-electron chi connectivity index (χ4n) is 3.11. The molecule has 0 aromatic heterocycles. The van der Waals surface area contributed by atoms with Gasteiger partial charge in [-0.3, -0.25) is 0 Å². The lowest BCUT2D eigenvalue weighted by Gasteiger charge is -2.17. The molecule has 3 rings (SSSR count). The number of benzene rings is 2. The molecule has 2 atom stereocenters. The van der Waals surface area contributed by atoms with Crippen LogP contribution in [0.1, 0.15) is 29.5 Å². The number of hydrogen-bond donors (Lipinski definition) is 0. The molecular formula is C17H18O. The summed E-state index contributed by atoms with van der Waals surface area (Å²) in [7, 11) is 1.71. The molecule has 0 spiro atoms. The van der Waals surface area contributed by atoms with Gasteiger partial charge in [0.15, 0.2) is 0 Å². The Labute approximate surface area is 108 Å². The number of hydrogen-bond acceptors (Lipinski definition) is 1. The highest BCUT2D eigenvalue weighted by Crippen LogP contribution is 2.42. The number of ether oxygens (including phenoxy) is 1. The summed E-state index contributed by atoms with van der Waals surface area (Å²) in [5.41, 5.74) is 4.40. The summed E-state index contributed by atoms with van der Waals surface area (Å²) in [6, 6.07) is 17.3. The number of rotatable bonds is 2. The Morgan fingerprint density at radius 1 is 1.00 bits per heavy atom. The summed E-state index contributed by atoms with van der Waals surface area (Å²) in [6.07, 6.45) is 1.19. The predicted octanol–water partition coefficient (Wildman–Crippen LogP) is 4.02. The van der Waals surface area contributed by atoms with Gasteiger partial charge in [0.1, 0.15) is 5.75 Å². The molecule has 92 valence electrons. The summed E-state index contributed by atoms with van der Waals surface area (Å²) >= 11 is 0. The maximum absolute atomic E-state index is 5.23. The van der Waals surface area contributed by atoms with Gasteiger partial charge in [0.2, 0.25) is 0 Å². The Hall–Kier alpha value is -1.76. The first-order valence-corrected chi connectivity index (χ1v) is 6.51. The summed E-state index contributed by atoms with van der Waals surface area (Å²) in [5, 5.41) is 0. The second kappa shape index (κ2) is 4.49. The minimum absolute atomic E-state index is 0.534. The normalized spacial score (nSPS) is 21.7. The van der Waals surface area contributed by atoms with Gasteiger partial charge in [0.25, 0.3) is 0 Å². The summed E-state index contributed by atoms with van der Waals surface area (Å²) in [4.78, 5) is 0. The topological polar surface area (TPSA) is 9.23 Å². The van der Waals surface area contributed by atoms with Gasteiger partial charge >= 0.3 is 0 Å². The highest BCUT2D eigenvalue weighted by Gasteiger charge is 2.29. The monoisotopic (exact) mass is 238 g/mol. The molecule has 0 amide bonds. The van der Waals surface area contributed by atoms with Crippen molar-refractivity contribution in [1.29, 1.82) is 0 Å². The highest BCUT2D eigenvalue weighted by molar-refractivity contribution is 5.44. The molecule has 0 fully saturated rings. The van der Waals surface area contributed by atoms with Crippen LogP contribution in [0.5, 0.6) is 5.75 Å². The fourth-order valence-corrected chi connectivity index (χ4v) is 3.11. The van der Waals surface area contributed by atoms with E-state index in [0.29, 0.717) is 11.8 Å². The Kier molecular flexibility index (Phi) is 2.83. The van der Waals surface area contributed by atoms with Crippen LogP contribution in [-0.2, 0) is 6.42 Å². The second-order valence-corrected chi connectivity index (χ2v) is 5.13. The first-order valence-electron chi connectivity index (χ1n) is 6.51. The van der Waals surface area contributed by atoms with Crippen LogP contribution in [0.3, 0.4) is 0 Å². The number of fused-ring (bicyclic) bond motifs is 1. The van der Waals surface area contributed by atoms with Crippen LogP contribution in [-0.4, -0.2) is 7.11 Å². The van der Waals surface area contributed by atoms with Gasteiger partial charge in [0, 0.05) is 5.92 Å². The van der Waals surface area contributed by atoms with Crippen molar-refractivity contribution in [3.8, 4) is 5.75 Å². The first-order chi connectivity index (χ1) is 8.79. The van der Waals surface area contributed by atoms with Gasteiger partial charge in [-0.05, 0) is 41.2 Å². The van der Waals surface area contributed by atoms with E-state index in [1.54, 1.807) is 7.11 Å². The van der Waals surface area contributed by atoms with E-state index in [0.717, 1.165) is 5.75 Å². The molecular weight excluding hydrogens is 220 g/mol. The van der Waals surface area contributed by atoms with Crippen molar-refractivity contribution in [2.75, 3.05) is 7.11 Å². The van der Waals surface area contributed by atoms with E-state index in [9.17, 15) is 0 Å². The summed E-state index contributed by atoms with van der Waals surface area (Å²) < 4.78 is 5.23. The van der Waals surface area contributed by atoms with E-state index in [1.165, 1.54) is 23.1 Å². The second-order valence-electron chi connectivity index (χ2n) is 5.13. The van der Waals surface area contributed by atoms with E-state index < -0.39 is 0 Å². The number of methoxy groups -OCH3 is 1. The Bertz CT molecular complexity index is 542. The van der Waals surface area contributed by atoms with E-state index in [2.05, 4.69) is 55.5 Å². The molecule has 1 nitrogen and oxygen atoms in total. The van der Waals surface area contributed by atoms with Crippen molar-refractivity contribution in [3.05, 3.63) is 65.2 Å². The lowest BCUT2D eigenvalue weighted by Crippen LogP contribution is -2.05. The molecule has 0 heterocycles. The molecule has 0 N–H and O–H groups in total. The Morgan fingerprint density at radius 3 is 2.44 bits per heavy atom. The van der Waals surface area contributed by atoms with Crippen molar-refractivity contribution in [2.45, 2.75) is 19.3 Å². The van der Waals surface area contributed by atoms with E-state index in [-0.39, 0.29) is 0 Å². The fraction of sp³-hybridized carbons (Fsp3) is 0.294. The largest absolute Gasteiger partial charge is 0.497 e. The van der Waals surface area contributed by atoms with Crippen LogP contribution in [0.25, 0.3) is 0 Å². The van der Waals surface area contributed by atoms with Crippen LogP contribution in [0.15, 0.2) is 48.5 Å². The molecule has 0 aliphatic heterocycles. The molecule has 0 bridgehead atoms. The van der Waals surface area contributed by atoms with E-state index >= 15 is 0 Å². The molecule has 1 aliphatic carbocycles. The first kappa shape index (κ1) is 11.3. The summed E-state index contributed by atoms with van der Waals surface area (Å²) in [5.74, 6) is 2.14. The standard InChI is InChI=1S/C17H18O/c1-12-11-14-5-3-4-6-16(14)17(12)13-7-9-15(18-2)10-8-13/h3-10,12,17H,11H2,1-2H3/t12-,17-/m0/s1. The third-order valence-corrected chi connectivity index (χ3v) is 3.98. The van der Waals surface area contributed by atoms with Gasteiger partial charge in [-0.15, -0.1) is 0 Å². The van der Waals surface area contributed by atoms with E-state index in [1.807, 2.05) is 0 Å². The Balaban J connectivity index is 2.00. The average Bonchev–Trinajstić information content (AvgIpc) is 2.75. The maximum atomic E-state index is 5.23. The van der Waals surface area contributed by atoms with Gasteiger partial charge < -0.3 is 4.74 Å². The Morgan fingerprint density at radius 2 is 1.72 bits per heavy atom. The molecule has 2 aromatic carbocycles. The minimum atomic E-state index is 0.534. The van der Waals surface area contributed by atoms with Crippen molar-refractivity contribution < 1.29 is 4.74 Å². The van der Waals surface area contributed by atoms with Crippen LogP contribution in [0.2, 0.25) is 0 Å². The van der Waals surface area contributed by atoms with Crippen LogP contribution in [0.4, 0.5) is 0 Å². The lowest BCUT2D eigenvalue weighted by atomic mass is 9.87. The maximum Gasteiger partial charge on any atom is 0.118 e. The van der Waals surface area contributed by atoms with Gasteiger partial charge in [-0.2, -0.15) is 0 Å². The van der Waals surface area contributed by atoms with E-state index in [4.69, 9.17) is 4.74 Å². The van der Waals surface area contributed by atoms with Crippen molar-refractivity contribution in [2.24, 2.45) is 5.92 Å². The highest BCUT2D eigenvalue weighted by atomic mass is 16.5. The SMILES string of the molecule is COc1ccc([C@H]2c3ccccc3C[C@@H]2C)cc1. The predicted molar refractivity (Wildman–Crippen MR) is 74.1 cm³/mol. The molecule has 0 radical (unpaired) electrons. The minimum Gasteiger partial charge on any atom is -0.497 e. The zero-order valence-corrected chi connectivity index (χ0v) is 10.9. The molecule has 2 aromatic rings. The van der Waals surface area contributed by atoms with Crippen LogP contribution in [0, 0.1) is 5.92 Å².